The molecular weight excluding hydrogens is 410 g/mol. The van der Waals surface area contributed by atoms with Gasteiger partial charge in [-0.2, -0.15) is 4.98 Å². The van der Waals surface area contributed by atoms with E-state index < -0.39 is 0 Å². The van der Waals surface area contributed by atoms with Gasteiger partial charge in [0.05, 0.1) is 5.69 Å². The fourth-order valence-electron chi connectivity index (χ4n) is 5.30. The van der Waals surface area contributed by atoms with Crippen molar-refractivity contribution in [3.8, 4) is 0 Å². The Labute approximate surface area is 198 Å². The summed E-state index contributed by atoms with van der Waals surface area (Å²) in [6, 6.07) is 8.16. The third kappa shape index (κ3) is 4.57. The largest absolute Gasteiger partial charge is 0.353 e. The number of nitrogens with zero attached hydrogens (tertiary/aromatic N) is 5. The van der Waals surface area contributed by atoms with E-state index in [2.05, 4.69) is 42.7 Å². The maximum Gasteiger partial charge on any atom is 0.253 e. The Kier molecular flexibility index (Phi) is 6.02. The summed E-state index contributed by atoms with van der Waals surface area (Å²) in [7, 11) is 0. The second-order valence-electron chi connectivity index (χ2n) is 10.8. The SMILES string of the molecule is CC(C)(C)c1ccc(C(=O)N2CCN(c3nc(N4CCCC4)nc4c3CCCC4)CC2)cc1. The maximum atomic E-state index is 13.1. The van der Waals surface area contributed by atoms with Crippen molar-refractivity contribution in [2.75, 3.05) is 49.1 Å². The first-order valence-corrected chi connectivity index (χ1v) is 12.7. The van der Waals surface area contributed by atoms with Crippen LogP contribution in [0.4, 0.5) is 11.8 Å². The van der Waals surface area contributed by atoms with Crippen LogP contribution >= 0.6 is 0 Å². The summed E-state index contributed by atoms with van der Waals surface area (Å²) in [4.78, 5) is 30.0. The van der Waals surface area contributed by atoms with Crippen molar-refractivity contribution in [2.24, 2.45) is 0 Å². The average Bonchev–Trinajstić information content (AvgIpc) is 3.38. The number of piperazine rings is 1. The molecule has 2 aliphatic heterocycles. The molecule has 0 unspecified atom stereocenters. The molecule has 2 fully saturated rings. The average molecular weight is 448 g/mol. The van der Waals surface area contributed by atoms with E-state index in [1.807, 2.05) is 17.0 Å². The second-order valence-corrected chi connectivity index (χ2v) is 10.8. The van der Waals surface area contributed by atoms with E-state index in [0.717, 1.165) is 69.4 Å². The van der Waals surface area contributed by atoms with Crippen molar-refractivity contribution in [1.82, 2.24) is 14.9 Å². The van der Waals surface area contributed by atoms with Gasteiger partial charge in [0.15, 0.2) is 0 Å². The quantitative estimate of drug-likeness (QED) is 0.705. The van der Waals surface area contributed by atoms with Gasteiger partial charge in [-0.05, 0) is 61.6 Å². The number of carbonyl (C=O) groups is 1. The molecule has 2 aromatic rings. The first kappa shape index (κ1) is 22.2. The lowest BCUT2D eigenvalue weighted by molar-refractivity contribution is 0.0746. The zero-order chi connectivity index (χ0) is 23.0. The van der Waals surface area contributed by atoms with E-state index >= 15 is 0 Å². The lowest BCUT2D eigenvalue weighted by Gasteiger charge is -2.37. The number of rotatable bonds is 3. The summed E-state index contributed by atoms with van der Waals surface area (Å²) >= 11 is 0. The van der Waals surface area contributed by atoms with Gasteiger partial charge in [-0.25, -0.2) is 4.98 Å². The van der Waals surface area contributed by atoms with Gasteiger partial charge in [0.25, 0.3) is 5.91 Å². The third-order valence-electron chi connectivity index (χ3n) is 7.40. The first-order chi connectivity index (χ1) is 15.9. The van der Waals surface area contributed by atoms with E-state index in [1.165, 1.54) is 42.5 Å². The molecular formula is C27H37N5O. The first-order valence-electron chi connectivity index (χ1n) is 12.7. The topological polar surface area (TPSA) is 52.6 Å². The maximum absolute atomic E-state index is 13.1. The Hall–Kier alpha value is -2.63. The molecule has 2 saturated heterocycles. The fraction of sp³-hybridized carbons (Fsp3) is 0.593. The molecule has 0 radical (unpaired) electrons. The van der Waals surface area contributed by atoms with Gasteiger partial charge in [0.1, 0.15) is 5.82 Å². The highest BCUT2D eigenvalue weighted by Crippen LogP contribution is 2.32. The van der Waals surface area contributed by atoms with Gasteiger partial charge in [0, 0.05) is 50.4 Å². The van der Waals surface area contributed by atoms with Crippen LogP contribution in [0.5, 0.6) is 0 Å². The van der Waals surface area contributed by atoms with Gasteiger partial charge in [-0.1, -0.05) is 32.9 Å². The highest BCUT2D eigenvalue weighted by atomic mass is 16.2. The number of anilines is 2. The van der Waals surface area contributed by atoms with E-state index in [-0.39, 0.29) is 11.3 Å². The molecule has 33 heavy (non-hydrogen) atoms. The minimum atomic E-state index is 0.0950. The van der Waals surface area contributed by atoms with Crippen LogP contribution in [0.25, 0.3) is 0 Å². The number of benzene rings is 1. The molecule has 0 N–H and O–H groups in total. The van der Waals surface area contributed by atoms with Crippen LogP contribution in [0.1, 0.15) is 73.6 Å². The zero-order valence-electron chi connectivity index (χ0n) is 20.4. The Morgan fingerprint density at radius 2 is 1.45 bits per heavy atom. The zero-order valence-corrected chi connectivity index (χ0v) is 20.4. The van der Waals surface area contributed by atoms with Crippen LogP contribution in [-0.2, 0) is 18.3 Å². The van der Waals surface area contributed by atoms with Gasteiger partial charge < -0.3 is 14.7 Å². The molecule has 1 aliphatic carbocycles. The number of hydrogen-bond acceptors (Lipinski definition) is 5. The van der Waals surface area contributed by atoms with Gasteiger partial charge in [-0.15, -0.1) is 0 Å². The van der Waals surface area contributed by atoms with Gasteiger partial charge >= 0.3 is 0 Å². The minimum absolute atomic E-state index is 0.0950. The summed E-state index contributed by atoms with van der Waals surface area (Å²) < 4.78 is 0. The molecule has 6 heteroatoms. The number of hydrogen-bond donors (Lipinski definition) is 0. The Morgan fingerprint density at radius 1 is 0.788 bits per heavy atom. The van der Waals surface area contributed by atoms with Crippen molar-refractivity contribution in [1.29, 1.82) is 0 Å². The van der Waals surface area contributed by atoms with E-state index in [4.69, 9.17) is 9.97 Å². The normalized spacial score (nSPS) is 19.1. The summed E-state index contributed by atoms with van der Waals surface area (Å²) in [5.74, 6) is 2.18. The molecule has 3 heterocycles. The molecule has 3 aliphatic rings. The monoisotopic (exact) mass is 447 g/mol. The molecule has 0 spiro atoms. The Morgan fingerprint density at radius 3 is 2.12 bits per heavy atom. The molecule has 1 aromatic heterocycles. The Bertz CT molecular complexity index is 996. The van der Waals surface area contributed by atoms with E-state index in [9.17, 15) is 4.79 Å². The number of aromatic nitrogens is 2. The number of aryl methyl sites for hydroxylation is 1. The molecule has 6 nitrogen and oxygen atoms in total. The van der Waals surface area contributed by atoms with Crippen molar-refractivity contribution < 1.29 is 4.79 Å². The minimum Gasteiger partial charge on any atom is -0.353 e. The highest BCUT2D eigenvalue weighted by molar-refractivity contribution is 5.94. The van der Waals surface area contributed by atoms with Crippen LogP contribution in [0.2, 0.25) is 0 Å². The Balaban J connectivity index is 1.31. The number of carbonyl (C=O) groups excluding carboxylic acids is 1. The van der Waals surface area contributed by atoms with Crippen LogP contribution in [0.3, 0.4) is 0 Å². The molecule has 5 rings (SSSR count). The van der Waals surface area contributed by atoms with E-state index in [0.29, 0.717) is 0 Å². The van der Waals surface area contributed by atoms with Gasteiger partial charge in [0.2, 0.25) is 5.95 Å². The molecule has 0 saturated carbocycles. The molecule has 1 aromatic carbocycles. The predicted molar refractivity (Wildman–Crippen MR) is 133 cm³/mol. The number of amides is 1. The van der Waals surface area contributed by atoms with Crippen LogP contribution in [-0.4, -0.2) is 60.0 Å². The highest BCUT2D eigenvalue weighted by Gasteiger charge is 2.28. The summed E-state index contributed by atoms with van der Waals surface area (Å²) in [6.45, 7) is 11.8. The molecule has 176 valence electrons. The summed E-state index contributed by atoms with van der Waals surface area (Å²) in [5.41, 5.74) is 4.74. The van der Waals surface area contributed by atoms with Crippen molar-refractivity contribution in [3.05, 3.63) is 46.6 Å². The van der Waals surface area contributed by atoms with Gasteiger partial charge in [-0.3, -0.25) is 4.79 Å². The van der Waals surface area contributed by atoms with Crippen LogP contribution < -0.4 is 9.80 Å². The lowest BCUT2D eigenvalue weighted by Crippen LogP contribution is -2.49. The van der Waals surface area contributed by atoms with Crippen molar-refractivity contribution >= 4 is 17.7 Å². The van der Waals surface area contributed by atoms with Crippen LogP contribution in [0, 0.1) is 0 Å². The fourth-order valence-corrected chi connectivity index (χ4v) is 5.30. The molecule has 1 amide bonds. The standard InChI is InChI=1S/C27H37N5O/c1-27(2,3)21-12-10-20(11-13-21)25(33)31-18-16-30(17-19-31)24-22-8-4-5-9-23(22)28-26(29-24)32-14-6-7-15-32/h10-13H,4-9,14-19H2,1-3H3. The third-order valence-corrected chi connectivity index (χ3v) is 7.40. The second kappa shape index (κ2) is 8.96. The lowest BCUT2D eigenvalue weighted by atomic mass is 9.86. The molecule has 0 atom stereocenters. The summed E-state index contributed by atoms with van der Waals surface area (Å²) in [6.07, 6.45) is 7.04. The van der Waals surface area contributed by atoms with Crippen molar-refractivity contribution in [3.63, 3.8) is 0 Å². The smallest absolute Gasteiger partial charge is 0.253 e. The predicted octanol–water partition coefficient (Wildman–Crippen LogP) is 4.22. The van der Waals surface area contributed by atoms with Crippen molar-refractivity contribution in [2.45, 2.75) is 64.7 Å². The summed E-state index contributed by atoms with van der Waals surface area (Å²) in [5, 5.41) is 0. The van der Waals surface area contributed by atoms with E-state index in [1.54, 1.807) is 0 Å². The molecule has 0 bridgehead atoms. The number of fused-ring (bicyclic) bond motifs is 1. The van der Waals surface area contributed by atoms with Crippen LogP contribution in [0.15, 0.2) is 24.3 Å².